The predicted octanol–water partition coefficient (Wildman–Crippen LogP) is 1.92. The summed E-state index contributed by atoms with van der Waals surface area (Å²) >= 11 is 6.21. The Hall–Kier alpha value is -0.810. The maximum atomic E-state index is 11.6. The van der Waals surface area contributed by atoms with Crippen LogP contribution in [0.3, 0.4) is 0 Å². The Morgan fingerprint density at radius 3 is 2.88 bits per heavy atom. The number of nitrogens with one attached hydrogen (secondary N) is 2. The van der Waals surface area contributed by atoms with Gasteiger partial charge < -0.3 is 15.5 Å². The Balaban J connectivity index is 0.00000338. The zero-order valence-corrected chi connectivity index (χ0v) is 19.0. The largest absolute Gasteiger partial charge is 0.357 e. The van der Waals surface area contributed by atoms with Crippen LogP contribution in [0.5, 0.6) is 0 Å². The lowest BCUT2D eigenvalue weighted by Gasteiger charge is -2.20. The van der Waals surface area contributed by atoms with Crippen LogP contribution in [0.25, 0.3) is 0 Å². The first kappa shape index (κ1) is 23.2. The first-order chi connectivity index (χ1) is 11.9. The highest BCUT2D eigenvalue weighted by Gasteiger charge is 2.25. The summed E-state index contributed by atoms with van der Waals surface area (Å²) in [6.07, 6.45) is 2.67. The number of pyridine rings is 1. The Kier molecular flexibility index (Phi) is 9.94. The highest BCUT2D eigenvalue weighted by Crippen LogP contribution is 2.25. The number of rotatable bonds is 7. The monoisotopic (exact) mass is 515 g/mol. The third kappa shape index (κ3) is 7.07. The lowest BCUT2D eigenvalue weighted by Crippen LogP contribution is -2.45. The molecule has 148 valence electrons. The first-order valence-corrected chi connectivity index (χ1v) is 10.8. The van der Waals surface area contributed by atoms with Gasteiger partial charge in [-0.2, -0.15) is 0 Å². The molecule has 1 saturated heterocycles. The summed E-state index contributed by atoms with van der Waals surface area (Å²) in [5.74, 6) is 1.66. The second kappa shape index (κ2) is 11.1. The zero-order chi connectivity index (χ0) is 18.3. The van der Waals surface area contributed by atoms with Crippen molar-refractivity contribution in [1.29, 1.82) is 0 Å². The average molecular weight is 516 g/mol. The third-order valence-electron chi connectivity index (χ3n) is 4.02. The van der Waals surface area contributed by atoms with E-state index >= 15 is 0 Å². The summed E-state index contributed by atoms with van der Waals surface area (Å²) in [7, 11) is -3.00. The Bertz CT molecular complexity index is 702. The minimum Gasteiger partial charge on any atom is -0.357 e. The highest BCUT2D eigenvalue weighted by molar-refractivity contribution is 14.0. The molecule has 1 aromatic rings. The fourth-order valence-corrected chi connectivity index (χ4v) is 3.53. The fraction of sp³-hybridized carbons (Fsp3) is 0.625. The summed E-state index contributed by atoms with van der Waals surface area (Å²) in [6, 6.07) is 3.86. The summed E-state index contributed by atoms with van der Waals surface area (Å²) in [5, 5.41) is 7.18. The van der Waals surface area contributed by atoms with Crippen molar-refractivity contribution in [3.05, 3.63) is 23.4 Å². The fourth-order valence-electron chi connectivity index (χ4n) is 2.63. The number of anilines is 1. The van der Waals surface area contributed by atoms with E-state index in [0.29, 0.717) is 11.0 Å². The van der Waals surface area contributed by atoms with Gasteiger partial charge in [-0.3, -0.25) is 4.99 Å². The first-order valence-electron chi connectivity index (χ1n) is 8.56. The van der Waals surface area contributed by atoms with Crippen LogP contribution >= 0.6 is 35.6 Å². The van der Waals surface area contributed by atoms with Crippen LogP contribution in [0.1, 0.15) is 20.3 Å². The molecule has 1 aliphatic rings. The molecule has 10 heteroatoms. The van der Waals surface area contributed by atoms with Crippen molar-refractivity contribution in [1.82, 2.24) is 15.6 Å². The van der Waals surface area contributed by atoms with Gasteiger partial charge in [0.1, 0.15) is 5.82 Å². The molecule has 0 amide bonds. The van der Waals surface area contributed by atoms with Crippen molar-refractivity contribution in [3.63, 3.8) is 0 Å². The van der Waals surface area contributed by atoms with Crippen LogP contribution in [0.15, 0.2) is 23.3 Å². The number of aromatic nitrogens is 1. The van der Waals surface area contributed by atoms with Crippen LogP contribution < -0.4 is 15.5 Å². The smallest absolute Gasteiger partial charge is 0.191 e. The minimum absolute atomic E-state index is 0. The number of nitrogens with zero attached hydrogens (tertiary/aromatic N) is 3. The minimum atomic E-state index is -3.00. The number of hydrogen-bond acceptors (Lipinski definition) is 5. The van der Waals surface area contributed by atoms with Gasteiger partial charge in [0.2, 0.25) is 0 Å². The standard InChI is InChI=1S/C16H26ClN5O2S.HI/c1-3-18-16(20-9-11-25(23,24)4-2)21-13-7-10-22(12-13)15-14(17)6-5-8-19-15;/h5-6,8,13H,3-4,7,9-12H2,1-2H3,(H2,18,20,21);1H. The van der Waals surface area contributed by atoms with Gasteiger partial charge in [-0.05, 0) is 25.5 Å². The Labute approximate surface area is 177 Å². The van der Waals surface area contributed by atoms with Crippen molar-refractivity contribution in [2.24, 2.45) is 4.99 Å². The summed E-state index contributed by atoms with van der Waals surface area (Å²) < 4.78 is 23.2. The van der Waals surface area contributed by atoms with Gasteiger partial charge >= 0.3 is 0 Å². The van der Waals surface area contributed by atoms with Gasteiger partial charge in [0.25, 0.3) is 0 Å². The van der Waals surface area contributed by atoms with Gasteiger partial charge in [-0.1, -0.05) is 18.5 Å². The topological polar surface area (TPSA) is 86.7 Å². The highest BCUT2D eigenvalue weighted by atomic mass is 127. The second-order valence-electron chi connectivity index (χ2n) is 5.88. The van der Waals surface area contributed by atoms with Crippen molar-refractivity contribution in [2.75, 3.05) is 42.6 Å². The molecule has 7 nitrogen and oxygen atoms in total. The Morgan fingerprint density at radius 2 is 2.23 bits per heavy atom. The molecule has 2 rings (SSSR count). The van der Waals surface area contributed by atoms with Crippen LogP contribution in [0.2, 0.25) is 5.02 Å². The number of aliphatic imine (C=N–C) groups is 1. The van der Waals surface area contributed by atoms with Crippen LogP contribution in [0, 0.1) is 0 Å². The van der Waals surface area contributed by atoms with E-state index in [1.54, 1.807) is 13.1 Å². The van der Waals surface area contributed by atoms with E-state index in [-0.39, 0.29) is 48.1 Å². The van der Waals surface area contributed by atoms with Gasteiger partial charge in [0, 0.05) is 37.6 Å². The van der Waals surface area contributed by atoms with E-state index in [4.69, 9.17) is 11.6 Å². The van der Waals surface area contributed by atoms with Crippen molar-refractivity contribution < 1.29 is 8.42 Å². The molecule has 2 N–H and O–H groups in total. The molecule has 1 aromatic heterocycles. The SMILES string of the molecule is CCNC(=NCCS(=O)(=O)CC)NC1CCN(c2ncccc2Cl)C1.I. The molecule has 2 heterocycles. The predicted molar refractivity (Wildman–Crippen MR) is 119 cm³/mol. The Morgan fingerprint density at radius 1 is 1.46 bits per heavy atom. The van der Waals surface area contributed by atoms with E-state index in [0.717, 1.165) is 31.9 Å². The van der Waals surface area contributed by atoms with Crippen molar-refractivity contribution in [2.45, 2.75) is 26.3 Å². The van der Waals surface area contributed by atoms with Gasteiger partial charge in [0.05, 0.1) is 17.3 Å². The maximum Gasteiger partial charge on any atom is 0.191 e. The van der Waals surface area contributed by atoms with Crippen LogP contribution in [-0.2, 0) is 9.84 Å². The van der Waals surface area contributed by atoms with Gasteiger partial charge in [-0.15, -0.1) is 24.0 Å². The molecule has 0 radical (unpaired) electrons. The molecule has 1 fully saturated rings. The number of guanidine groups is 1. The maximum absolute atomic E-state index is 11.6. The van der Waals surface area contributed by atoms with Crippen molar-refractivity contribution in [3.8, 4) is 0 Å². The van der Waals surface area contributed by atoms with E-state index in [1.807, 2.05) is 19.1 Å². The third-order valence-corrected chi connectivity index (χ3v) is 6.00. The normalized spacial score (nSPS) is 17.7. The second-order valence-corrected chi connectivity index (χ2v) is 8.76. The molecular formula is C16H27ClIN5O2S. The molecule has 0 aromatic carbocycles. The molecule has 0 bridgehead atoms. The zero-order valence-electron chi connectivity index (χ0n) is 15.1. The lowest BCUT2D eigenvalue weighted by atomic mass is 10.3. The lowest BCUT2D eigenvalue weighted by molar-refractivity contribution is 0.597. The average Bonchev–Trinajstić information content (AvgIpc) is 3.03. The van der Waals surface area contributed by atoms with E-state index < -0.39 is 9.84 Å². The van der Waals surface area contributed by atoms with Gasteiger partial charge in [0.15, 0.2) is 15.8 Å². The molecule has 1 aliphatic heterocycles. The van der Waals surface area contributed by atoms with Gasteiger partial charge in [-0.25, -0.2) is 13.4 Å². The van der Waals surface area contributed by atoms with Crippen molar-refractivity contribution >= 4 is 57.2 Å². The molecule has 0 aliphatic carbocycles. The van der Waals surface area contributed by atoms with Crippen LogP contribution in [-0.4, -0.2) is 63.1 Å². The van der Waals surface area contributed by atoms with Crippen LogP contribution in [0.4, 0.5) is 5.82 Å². The summed E-state index contributed by atoms with van der Waals surface area (Å²) in [6.45, 7) is 6.24. The quantitative estimate of drug-likeness (QED) is 0.328. The molecular weight excluding hydrogens is 489 g/mol. The molecule has 0 saturated carbocycles. The summed E-state index contributed by atoms with van der Waals surface area (Å²) in [5.41, 5.74) is 0. The number of hydrogen-bond donors (Lipinski definition) is 2. The molecule has 1 unspecified atom stereocenters. The number of sulfone groups is 1. The summed E-state index contributed by atoms with van der Waals surface area (Å²) in [4.78, 5) is 10.9. The number of halogens is 2. The van der Waals surface area contributed by atoms with E-state index in [2.05, 4.69) is 25.5 Å². The molecule has 0 spiro atoms. The molecule has 1 atom stereocenters. The molecule has 26 heavy (non-hydrogen) atoms. The van der Waals surface area contributed by atoms with E-state index in [9.17, 15) is 8.42 Å². The van der Waals surface area contributed by atoms with E-state index in [1.165, 1.54) is 0 Å².